The lowest BCUT2D eigenvalue weighted by molar-refractivity contribution is -0.158. The van der Waals surface area contributed by atoms with Crippen molar-refractivity contribution < 1.29 is 14.3 Å². The largest absolute Gasteiger partial charge is 0.476 e. The third-order valence-electron chi connectivity index (χ3n) is 5.05. The molecule has 0 saturated heterocycles. The second kappa shape index (κ2) is 14.1. The van der Waals surface area contributed by atoms with Gasteiger partial charge in [0.05, 0.1) is 12.3 Å². The van der Waals surface area contributed by atoms with Gasteiger partial charge in [0.15, 0.2) is 5.60 Å². The van der Waals surface area contributed by atoms with Crippen LogP contribution in [-0.4, -0.2) is 47.0 Å². The van der Waals surface area contributed by atoms with Crippen molar-refractivity contribution >= 4 is 23.1 Å². The van der Waals surface area contributed by atoms with Gasteiger partial charge in [-0.15, -0.1) is 0 Å². The number of nitrogens with zero attached hydrogens (tertiary/aromatic N) is 2. The highest BCUT2D eigenvalue weighted by Crippen LogP contribution is 2.22. The highest BCUT2D eigenvalue weighted by molar-refractivity contribution is 6.00. The number of benzene rings is 1. The Labute approximate surface area is 208 Å². The number of nitrogens with one attached hydrogen (secondary N) is 3. The van der Waals surface area contributed by atoms with E-state index in [9.17, 15) is 9.59 Å². The van der Waals surface area contributed by atoms with E-state index in [2.05, 4.69) is 15.6 Å². The summed E-state index contributed by atoms with van der Waals surface area (Å²) in [6.45, 7) is 14.1. The quantitative estimate of drug-likeness (QED) is 0.295. The Hall–Kier alpha value is -3.36. The van der Waals surface area contributed by atoms with Gasteiger partial charge in [-0.1, -0.05) is 27.2 Å². The molecule has 0 aliphatic heterocycles. The Bertz CT molecular complexity index is 1030. The fraction of sp³-hybridized carbons (Fsp3) is 0.538. The zero-order valence-electron chi connectivity index (χ0n) is 22.4. The first-order chi connectivity index (χ1) is 16.6. The van der Waals surface area contributed by atoms with Gasteiger partial charge < -0.3 is 25.5 Å². The van der Waals surface area contributed by atoms with E-state index < -0.39 is 11.6 Å². The Kier molecular flexibility index (Phi) is 12.0. The maximum absolute atomic E-state index is 13.0. The maximum Gasteiger partial charge on any atom is 0.349 e. The van der Waals surface area contributed by atoms with Gasteiger partial charge in [0.1, 0.15) is 23.0 Å². The van der Waals surface area contributed by atoms with Crippen LogP contribution in [0.1, 0.15) is 65.9 Å². The lowest BCUT2D eigenvalue weighted by Crippen LogP contribution is -2.39. The van der Waals surface area contributed by atoms with Crippen molar-refractivity contribution in [2.75, 3.05) is 30.8 Å². The van der Waals surface area contributed by atoms with Gasteiger partial charge in [0.25, 0.3) is 5.56 Å². The molecular weight excluding hydrogens is 446 g/mol. The van der Waals surface area contributed by atoms with Crippen LogP contribution in [0.25, 0.3) is 0 Å². The molecule has 2 rings (SSSR count). The normalized spacial score (nSPS) is 10.6. The van der Waals surface area contributed by atoms with Crippen molar-refractivity contribution in [3.63, 3.8) is 0 Å². The van der Waals surface area contributed by atoms with Crippen LogP contribution in [0, 0.1) is 12.3 Å². The van der Waals surface area contributed by atoms with Crippen molar-refractivity contribution in [3.05, 3.63) is 46.1 Å². The first kappa shape index (κ1) is 29.7. The molecule has 0 amide bonds. The lowest BCUT2D eigenvalue weighted by Gasteiger charge is -2.24. The van der Waals surface area contributed by atoms with Gasteiger partial charge in [-0.3, -0.25) is 9.36 Å². The van der Waals surface area contributed by atoms with Crippen LogP contribution in [0.2, 0.25) is 0 Å². The number of ether oxygens (including phenoxy) is 2. The molecule has 0 saturated carbocycles. The Morgan fingerprint density at radius 1 is 1.17 bits per heavy atom. The SMILES string of the molecule is CC.CCCC(=N)c1nc(C)n(CCNc2ccc(OC(C)(C)C(=O)OCC)cc2)c(=O)c1NC. The summed E-state index contributed by atoms with van der Waals surface area (Å²) in [5.74, 6) is 0.707. The van der Waals surface area contributed by atoms with Crippen LogP contribution in [0.4, 0.5) is 11.4 Å². The molecular formula is C26H41N5O4. The van der Waals surface area contributed by atoms with E-state index in [1.165, 1.54) is 0 Å². The molecule has 1 aromatic carbocycles. The maximum atomic E-state index is 13.0. The number of carbonyl (C=O) groups excluding carboxylic acids is 1. The van der Waals surface area contributed by atoms with Crippen molar-refractivity contribution in [2.45, 2.75) is 73.5 Å². The molecule has 0 atom stereocenters. The molecule has 0 unspecified atom stereocenters. The summed E-state index contributed by atoms with van der Waals surface area (Å²) < 4.78 is 12.4. The highest BCUT2D eigenvalue weighted by atomic mass is 16.6. The molecule has 2 aromatic rings. The fourth-order valence-corrected chi connectivity index (χ4v) is 3.33. The number of hydrogen-bond donors (Lipinski definition) is 3. The fourth-order valence-electron chi connectivity index (χ4n) is 3.33. The van der Waals surface area contributed by atoms with E-state index in [1.54, 1.807) is 51.4 Å². The monoisotopic (exact) mass is 487 g/mol. The van der Waals surface area contributed by atoms with Crippen LogP contribution in [0.3, 0.4) is 0 Å². The van der Waals surface area contributed by atoms with Crippen molar-refractivity contribution in [1.82, 2.24) is 9.55 Å². The van der Waals surface area contributed by atoms with E-state index in [0.717, 1.165) is 12.1 Å². The van der Waals surface area contributed by atoms with Crippen molar-refractivity contribution in [1.29, 1.82) is 5.41 Å². The zero-order valence-corrected chi connectivity index (χ0v) is 22.4. The van der Waals surface area contributed by atoms with Crippen LogP contribution >= 0.6 is 0 Å². The minimum atomic E-state index is -1.08. The molecule has 3 N–H and O–H groups in total. The molecule has 194 valence electrons. The van der Waals surface area contributed by atoms with Crippen LogP contribution < -0.4 is 20.9 Å². The molecule has 1 heterocycles. The number of anilines is 2. The summed E-state index contributed by atoms with van der Waals surface area (Å²) in [4.78, 5) is 29.5. The van der Waals surface area contributed by atoms with Crippen LogP contribution in [0.5, 0.6) is 5.75 Å². The minimum absolute atomic E-state index is 0.187. The molecule has 0 aliphatic carbocycles. The van der Waals surface area contributed by atoms with Crippen LogP contribution in [0.15, 0.2) is 29.1 Å². The van der Waals surface area contributed by atoms with Gasteiger partial charge >= 0.3 is 5.97 Å². The Morgan fingerprint density at radius 3 is 2.34 bits per heavy atom. The van der Waals surface area contributed by atoms with Crippen LogP contribution in [-0.2, 0) is 16.1 Å². The summed E-state index contributed by atoms with van der Waals surface area (Å²) in [6.07, 6.45) is 1.39. The van der Waals surface area contributed by atoms with Crippen molar-refractivity contribution in [2.24, 2.45) is 0 Å². The third kappa shape index (κ3) is 8.12. The molecule has 0 spiro atoms. The number of aryl methyl sites for hydroxylation is 1. The average Bonchev–Trinajstić information content (AvgIpc) is 2.83. The first-order valence-electron chi connectivity index (χ1n) is 12.2. The molecule has 9 nitrogen and oxygen atoms in total. The topological polar surface area (TPSA) is 118 Å². The number of carbonyl (C=O) groups is 1. The van der Waals surface area contributed by atoms with Gasteiger partial charge in [-0.2, -0.15) is 0 Å². The van der Waals surface area contributed by atoms with Gasteiger partial charge in [-0.25, -0.2) is 9.78 Å². The first-order valence-corrected chi connectivity index (χ1v) is 12.2. The predicted molar refractivity (Wildman–Crippen MR) is 142 cm³/mol. The molecule has 0 aliphatic rings. The second-order valence-electron chi connectivity index (χ2n) is 8.10. The molecule has 9 heteroatoms. The third-order valence-corrected chi connectivity index (χ3v) is 5.05. The Balaban J connectivity index is 0.00000298. The van der Waals surface area contributed by atoms with Crippen molar-refractivity contribution in [3.8, 4) is 5.75 Å². The molecule has 0 fully saturated rings. The smallest absolute Gasteiger partial charge is 0.349 e. The standard InChI is InChI=1S/C24H35N5O4.C2H6/c1-7-9-19(25)20-21(26-6)22(30)29(16(3)28-20)15-14-27-17-10-12-18(13-11-17)33-24(4,5)23(31)32-8-2;1-2/h10-13,25-27H,7-9,14-15H2,1-6H3;1-2H3. The molecule has 0 bridgehead atoms. The Morgan fingerprint density at radius 2 is 1.80 bits per heavy atom. The number of rotatable bonds is 12. The van der Waals surface area contributed by atoms with Gasteiger partial charge in [0, 0.05) is 25.8 Å². The van der Waals surface area contributed by atoms with E-state index in [-0.39, 0.29) is 5.56 Å². The summed E-state index contributed by atoms with van der Waals surface area (Å²) in [6, 6.07) is 7.24. The van der Waals surface area contributed by atoms with E-state index in [4.69, 9.17) is 14.9 Å². The van der Waals surface area contributed by atoms with Gasteiger partial charge in [-0.05, 0) is 58.4 Å². The van der Waals surface area contributed by atoms with E-state index in [0.29, 0.717) is 54.8 Å². The zero-order chi connectivity index (χ0) is 26.6. The summed E-state index contributed by atoms with van der Waals surface area (Å²) in [7, 11) is 1.67. The van der Waals surface area contributed by atoms with E-state index in [1.807, 2.05) is 32.9 Å². The average molecular weight is 488 g/mol. The number of aromatic nitrogens is 2. The summed E-state index contributed by atoms with van der Waals surface area (Å²) in [5.41, 5.74) is 0.719. The lowest BCUT2D eigenvalue weighted by atomic mass is 10.1. The van der Waals surface area contributed by atoms with E-state index >= 15 is 0 Å². The number of esters is 1. The molecule has 1 aromatic heterocycles. The van der Waals surface area contributed by atoms with Gasteiger partial charge in [0.2, 0.25) is 0 Å². The predicted octanol–water partition coefficient (Wildman–Crippen LogP) is 4.62. The minimum Gasteiger partial charge on any atom is -0.476 e. The summed E-state index contributed by atoms with van der Waals surface area (Å²) in [5, 5.41) is 14.4. The summed E-state index contributed by atoms with van der Waals surface area (Å²) >= 11 is 0. The second-order valence-corrected chi connectivity index (χ2v) is 8.10. The molecule has 35 heavy (non-hydrogen) atoms. The number of hydrogen-bond acceptors (Lipinski definition) is 8. The molecule has 0 radical (unpaired) electrons. The highest BCUT2D eigenvalue weighted by Gasteiger charge is 2.31.